The lowest BCUT2D eigenvalue weighted by Crippen LogP contribution is -2.11. The van der Waals surface area contributed by atoms with E-state index in [1.54, 1.807) is 7.11 Å². The maximum atomic E-state index is 11.3. The Morgan fingerprint density at radius 3 is 2.88 bits per heavy atom. The van der Waals surface area contributed by atoms with Crippen LogP contribution >= 0.6 is 0 Å². The molecule has 0 bridgehead atoms. The van der Waals surface area contributed by atoms with Gasteiger partial charge in [0.1, 0.15) is 5.75 Å². The summed E-state index contributed by atoms with van der Waals surface area (Å²) in [7, 11) is 1.65. The standard InChI is InChI=1S/C14H16O3/c1-8-12(13(15)16)14(8)6-5-9-3-4-10(17-2)7-11(9)14/h3-4,7-8,12H,5-6H2,1-2H3,(H,15,16). The number of carboxylic acids is 1. The van der Waals surface area contributed by atoms with Crippen molar-refractivity contribution in [2.75, 3.05) is 7.11 Å². The van der Waals surface area contributed by atoms with Crippen LogP contribution < -0.4 is 4.74 Å². The molecule has 3 nitrogen and oxygen atoms in total. The number of ether oxygens (including phenoxy) is 1. The maximum Gasteiger partial charge on any atom is 0.307 e. The third-order valence-electron chi connectivity index (χ3n) is 4.65. The van der Waals surface area contributed by atoms with E-state index in [0.717, 1.165) is 18.6 Å². The molecule has 90 valence electrons. The number of fused-ring (bicyclic) bond motifs is 2. The molecule has 1 fully saturated rings. The predicted molar refractivity (Wildman–Crippen MR) is 63.3 cm³/mol. The van der Waals surface area contributed by atoms with Crippen molar-refractivity contribution in [3.63, 3.8) is 0 Å². The van der Waals surface area contributed by atoms with Gasteiger partial charge in [-0.05, 0) is 42.0 Å². The van der Waals surface area contributed by atoms with Gasteiger partial charge in [0.05, 0.1) is 13.0 Å². The van der Waals surface area contributed by atoms with Crippen LogP contribution in [0.3, 0.4) is 0 Å². The molecule has 0 aliphatic heterocycles. The van der Waals surface area contributed by atoms with Crippen LogP contribution in [-0.2, 0) is 16.6 Å². The number of carboxylic acid groups (broad SMARTS) is 1. The molecule has 2 aliphatic carbocycles. The summed E-state index contributed by atoms with van der Waals surface area (Å²) in [6.45, 7) is 2.05. The third kappa shape index (κ3) is 1.20. The Balaban J connectivity index is 2.07. The summed E-state index contributed by atoms with van der Waals surface area (Å²) in [6, 6.07) is 6.06. The van der Waals surface area contributed by atoms with Gasteiger partial charge >= 0.3 is 5.97 Å². The Morgan fingerprint density at radius 1 is 1.53 bits per heavy atom. The van der Waals surface area contributed by atoms with E-state index in [0.29, 0.717) is 0 Å². The van der Waals surface area contributed by atoms with E-state index in [-0.39, 0.29) is 17.3 Å². The van der Waals surface area contributed by atoms with Gasteiger partial charge in [-0.15, -0.1) is 0 Å². The van der Waals surface area contributed by atoms with E-state index in [2.05, 4.69) is 6.07 Å². The third-order valence-corrected chi connectivity index (χ3v) is 4.65. The van der Waals surface area contributed by atoms with E-state index < -0.39 is 5.97 Å². The monoisotopic (exact) mass is 232 g/mol. The number of hydrogen-bond acceptors (Lipinski definition) is 2. The molecule has 0 saturated heterocycles. The molecule has 3 atom stereocenters. The van der Waals surface area contributed by atoms with Crippen molar-refractivity contribution in [3.05, 3.63) is 29.3 Å². The summed E-state index contributed by atoms with van der Waals surface area (Å²) in [6.07, 6.45) is 1.96. The van der Waals surface area contributed by atoms with Crippen molar-refractivity contribution < 1.29 is 14.6 Å². The molecule has 17 heavy (non-hydrogen) atoms. The van der Waals surface area contributed by atoms with Crippen LogP contribution in [0.5, 0.6) is 5.75 Å². The molecule has 1 aromatic carbocycles. The summed E-state index contributed by atoms with van der Waals surface area (Å²) in [5.74, 6) is 0.200. The highest BCUT2D eigenvalue weighted by molar-refractivity contribution is 5.79. The second kappa shape index (κ2) is 3.25. The molecular weight excluding hydrogens is 216 g/mol. The van der Waals surface area contributed by atoms with E-state index in [1.165, 1.54) is 11.1 Å². The topological polar surface area (TPSA) is 46.5 Å². The Morgan fingerprint density at radius 2 is 2.29 bits per heavy atom. The van der Waals surface area contributed by atoms with Crippen molar-refractivity contribution >= 4 is 5.97 Å². The van der Waals surface area contributed by atoms with Crippen molar-refractivity contribution in [1.29, 1.82) is 0 Å². The van der Waals surface area contributed by atoms with E-state index in [1.807, 2.05) is 19.1 Å². The number of hydrogen-bond donors (Lipinski definition) is 1. The van der Waals surface area contributed by atoms with Crippen molar-refractivity contribution in [2.45, 2.75) is 25.2 Å². The van der Waals surface area contributed by atoms with Crippen molar-refractivity contribution in [1.82, 2.24) is 0 Å². The van der Waals surface area contributed by atoms with Gasteiger partial charge in [-0.2, -0.15) is 0 Å². The number of methoxy groups -OCH3 is 1. The first-order valence-electron chi connectivity index (χ1n) is 6.01. The lowest BCUT2D eigenvalue weighted by molar-refractivity contribution is -0.139. The fourth-order valence-corrected chi connectivity index (χ4v) is 3.67. The van der Waals surface area contributed by atoms with Gasteiger partial charge in [0, 0.05) is 5.41 Å². The van der Waals surface area contributed by atoms with E-state index in [4.69, 9.17) is 4.74 Å². The molecule has 2 aliphatic rings. The van der Waals surface area contributed by atoms with Crippen LogP contribution in [0.2, 0.25) is 0 Å². The fourth-order valence-electron chi connectivity index (χ4n) is 3.67. The molecule has 1 spiro atoms. The molecule has 0 heterocycles. The number of aryl methyl sites for hydroxylation is 1. The van der Waals surface area contributed by atoms with Crippen LogP contribution in [0, 0.1) is 11.8 Å². The van der Waals surface area contributed by atoms with Crippen LogP contribution in [0.15, 0.2) is 18.2 Å². The summed E-state index contributed by atoms with van der Waals surface area (Å²) >= 11 is 0. The second-order valence-corrected chi connectivity index (χ2v) is 5.17. The minimum atomic E-state index is -0.659. The summed E-state index contributed by atoms with van der Waals surface area (Å²) < 4.78 is 5.24. The smallest absolute Gasteiger partial charge is 0.307 e. The van der Waals surface area contributed by atoms with Crippen LogP contribution in [-0.4, -0.2) is 18.2 Å². The maximum absolute atomic E-state index is 11.3. The highest BCUT2D eigenvalue weighted by atomic mass is 16.5. The molecule has 3 heteroatoms. The molecule has 0 aromatic heterocycles. The molecule has 0 amide bonds. The Bertz CT molecular complexity index is 494. The van der Waals surface area contributed by atoms with Gasteiger partial charge in [-0.1, -0.05) is 13.0 Å². The molecule has 3 rings (SSSR count). The molecule has 1 N–H and O–H groups in total. The lowest BCUT2D eigenvalue weighted by atomic mass is 9.93. The number of rotatable bonds is 2. The average Bonchev–Trinajstić information content (AvgIpc) is 2.74. The van der Waals surface area contributed by atoms with Crippen LogP contribution in [0.25, 0.3) is 0 Å². The van der Waals surface area contributed by atoms with Crippen molar-refractivity contribution in [3.8, 4) is 5.75 Å². The highest BCUT2D eigenvalue weighted by Gasteiger charge is 2.68. The summed E-state index contributed by atoms with van der Waals surface area (Å²) in [4.78, 5) is 11.3. The second-order valence-electron chi connectivity index (χ2n) is 5.17. The largest absolute Gasteiger partial charge is 0.497 e. The van der Waals surface area contributed by atoms with E-state index >= 15 is 0 Å². The summed E-state index contributed by atoms with van der Waals surface area (Å²) in [5, 5.41) is 9.27. The van der Waals surface area contributed by atoms with Gasteiger partial charge in [-0.25, -0.2) is 0 Å². The van der Waals surface area contributed by atoms with Gasteiger partial charge in [0.15, 0.2) is 0 Å². The Labute approximate surface area is 100 Å². The van der Waals surface area contributed by atoms with Crippen LogP contribution in [0.4, 0.5) is 0 Å². The SMILES string of the molecule is COc1ccc2c(c1)C1(CC2)C(C)C1C(=O)O. The first kappa shape index (κ1) is 10.6. The summed E-state index contributed by atoms with van der Waals surface area (Å²) in [5.41, 5.74) is 2.38. The first-order chi connectivity index (χ1) is 8.11. The molecular formula is C14H16O3. The number of carbonyl (C=O) groups is 1. The zero-order valence-electron chi connectivity index (χ0n) is 10.1. The predicted octanol–water partition coefficient (Wildman–Crippen LogP) is 2.23. The van der Waals surface area contributed by atoms with Gasteiger partial charge in [0.2, 0.25) is 0 Å². The lowest BCUT2D eigenvalue weighted by Gasteiger charge is -2.12. The minimum Gasteiger partial charge on any atom is -0.497 e. The van der Waals surface area contributed by atoms with Gasteiger partial charge in [0.25, 0.3) is 0 Å². The molecule has 1 aromatic rings. The van der Waals surface area contributed by atoms with Crippen LogP contribution in [0.1, 0.15) is 24.5 Å². The minimum absolute atomic E-state index is 0.115. The Kier molecular flexibility index (Phi) is 2.03. The molecule has 1 saturated carbocycles. The van der Waals surface area contributed by atoms with Gasteiger partial charge < -0.3 is 9.84 Å². The van der Waals surface area contributed by atoms with E-state index in [9.17, 15) is 9.90 Å². The van der Waals surface area contributed by atoms with Gasteiger partial charge in [-0.3, -0.25) is 4.79 Å². The number of aliphatic carboxylic acids is 1. The quantitative estimate of drug-likeness (QED) is 0.850. The molecule has 0 radical (unpaired) electrons. The normalized spacial score (nSPS) is 33.5. The zero-order chi connectivity index (χ0) is 12.2. The fraction of sp³-hybridized carbons (Fsp3) is 0.500. The molecule has 3 unspecified atom stereocenters. The first-order valence-corrected chi connectivity index (χ1v) is 6.01. The van der Waals surface area contributed by atoms with Crippen molar-refractivity contribution in [2.24, 2.45) is 11.8 Å². The average molecular weight is 232 g/mol. The number of benzene rings is 1. The zero-order valence-corrected chi connectivity index (χ0v) is 10.1. The Hall–Kier alpha value is -1.51. The highest BCUT2D eigenvalue weighted by Crippen LogP contribution is 2.66.